The number of hydrogen-bond acceptors (Lipinski definition) is 2. The van der Waals surface area contributed by atoms with E-state index in [-0.39, 0.29) is 24.9 Å². The molecule has 1 atom stereocenters. The fourth-order valence-corrected chi connectivity index (χ4v) is 4.49. The Kier molecular flexibility index (Phi) is 5.00. The maximum atomic E-state index is 13.0. The predicted molar refractivity (Wildman–Crippen MR) is 103 cm³/mol. The molecule has 2 aliphatic carbocycles. The SMILES string of the molecule is CC1=NC(C2CCC(C(F)(F)F)CC2)N(c2ccc(Cl)cc2)C=C1C1CC1. The molecule has 0 spiro atoms. The van der Waals surface area contributed by atoms with Crippen molar-refractivity contribution in [3.63, 3.8) is 0 Å². The number of anilines is 1. The number of alkyl halides is 3. The summed E-state index contributed by atoms with van der Waals surface area (Å²) in [7, 11) is 0. The first kappa shape index (κ1) is 18.9. The largest absolute Gasteiger partial charge is 0.391 e. The van der Waals surface area contributed by atoms with Gasteiger partial charge in [-0.2, -0.15) is 13.2 Å². The van der Waals surface area contributed by atoms with Crippen molar-refractivity contribution in [1.29, 1.82) is 0 Å². The van der Waals surface area contributed by atoms with Gasteiger partial charge in [-0.1, -0.05) is 11.6 Å². The smallest absolute Gasteiger partial charge is 0.325 e. The summed E-state index contributed by atoms with van der Waals surface area (Å²) in [6.07, 6.45) is 1.87. The Bertz CT molecular complexity index is 742. The lowest BCUT2D eigenvalue weighted by molar-refractivity contribution is -0.184. The molecule has 2 nitrogen and oxygen atoms in total. The minimum absolute atomic E-state index is 0.131. The lowest BCUT2D eigenvalue weighted by Gasteiger charge is -2.40. The van der Waals surface area contributed by atoms with Gasteiger partial charge in [0, 0.05) is 28.5 Å². The Labute approximate surface area is 163 Å². The van der Waals surface area contributed by atoms with Crippen LogP contribution in [-0.2, 0) is 0 Å². The summed E-state index contributed by atoms with van der Waals surface area (Å²) in [5, 5.41) is 0.670. The van der Waals surface area contributed by atoms with Crippen LogP contribution in [0.1, 0.15) is 45.4 Å². The summed E-state index contributed by atoms with van der Waals surface area (Å²) in [4.78, 5) is 7.14. The lowest BCUT2D eigenvalue weighted by Crippen LogP contribution is -2.42. The molecule has 27 heavy (non-hydrogen) atoms. The molecule has 4 rings (SSSR count). The van der Waals surface area contributed by atoms with Crippen molar-refractivity contribution in [2.45, 2.75) is 57.8 Å². The van der Waals surface area contributed by atoms with E-state index >= 15 is 0 Å². The van der Waals surface area contributed by atoms with Gasteiger partial charge in [-0.3, -0.25) is 4.99 Å². The Morgan fingerprint density at radius 3 is 2.19 bits per heavy atom. The Balaban J connectivity index is 1.59. The quantitative estimate of drug-likeness (QED) is 0.561. The molecule has 0 radical (unpaired) electrons. The number of aliphatic imine (C=N–C) groups is 1. The maximum Gasteiger partial charge on any atom is 0.391 e. The Morgan fingerprint density at radius 2 is 1.63 bits per heavy atom. The van der Waals surface area contributed by atoms with Gasteiger partial charge in [-0.25, -0.2) is 0 Å². The van der Waals surface area contributed by atoms with Gasteiger partial charge in [-0.05, 0) is 81.2 Å². The second-order valence-electron chi connectivity index (χ2n) is 8.02. The molecular formula is C21H24ClF3N2. The summed E-state index contributed by atoms with van der Waals surface area (Å²) in [5.74, 6) is -0.458. The molecule has 1 unspecified atom stereocenters. The molecule has 0 amide bonds. The highest BCUT2D eigenvalue weighted by atomic mass is 35.5. The lowest BCUT2D eigenvalue weighted by atomic mass is 9.79. The monoisotopic (exact) mass is 396 g/mol. The average Bonchev–Trinajstić information content (AvgIpc) is 3.47. The minimum atomic E-state index is -4.08. The van der Waals surface area contributed by atoms with Crippen molar-refractivity contribution in [3.8, 4) is 0 Å². The van der Waals surface area contributed by atoms with Crippen molar-refractivity contribution in [1.82, 2.24) is 0 Å². The second-order valence-corrected chi connectivity index (χ2v) is 8.46. The molecule has 0 aromatic heterocycles. The fourth-order valence-electron chi connectivity index (χ4n) is 4.37. The van der Waals surface area contributed by atoms with Crippen molar-refractivity contribution >= 4 is 23.0 Å². The molecule has 6 heteroatoms. The highest BCUT2D eigenvalue weighted by Gasteiger charge is 2.44. The molecule has 0 bridgehead atoms. The molecule has 3 aliphatic rings. The molecule has 1 heterocycles. The van der Waals surface area contributed by atoms with Crippen LogP contribution in [0.15, 0.2) is 41.0 Å². The molecule has 2 saturated carbocycles. The fraction of sp³-hybridized carbons (Fsp3) is 0.571. The number of allylic oxidation sites excluding steroid dienone is 1. The topological polar surface area (TPSA) is 15.6 Å². The normalized spacial score (nSPS) is 29.4. The molecule has 1 aliphatic heterocycles. The number of hydrogen-bond donors (Lipinski definition) is 0. The molecule has 146 valence electrons. The van der Waals surface area contributed by atoms with Crippen LogP contribution < -0.4 is 4.90 Å². The Hall–Kier alpha value is -1.49. The molecule has 0 saturated heterocycles. The molecule has 2 fully saturated rings. The van der Waals surface area contributed by atoms with Crippen molar-refractivity contribution < 1.29 is 13.2 Å². The van der Waals surface area contributed by atoms with E-state index in [4.69, 9.17) is 16.6 Å². The number of rotatable bonds is 3. The van der Waals surface area contributed by atoms with E-state index < -0.39 is 12.1 Å². The summed E-state index contributed by atoms with van der Waals surface area (Å²) < 4.78 is 39.1. The van der Waals surface area contributed by atoms with Crippen LogP contribution in [0.4, 0.5) is 18.9 Å². The third-order valence-corrected chi connectivity index (χ3v) is 6.36. The molecular weight excluding hydrogens is 373 g/mol. The third-order valence-electron chi connectivity index (χ3n) is 6.11. The van der Waals surface area contributed by atoms with Gasteiger partial charge in [0.05, 0.1) is 5.92 Å². The van der Waals surface area contributed by atoms with Gasteiger partial charge in [0.2, 0.25) is 0 Å². The molecule has 0 N–H and O–H groups in total. The Morgan fingerprint density at radius 1 is 1.00 bits per heavy atom. The summed E-state index contributed by atoms with van der Waals surface area (Å²) in [6.45, 7) is 2.04. The first-order valence-electron chi connectivity index (χ1n) is 9.70. The van der Waals surface area contributed by atoms with E-state index in [2.05, 4.69) is 11.1 Å². The highest BCUT2D eigenvalue weighted by molar-refractivity contribution is 6.30. The number of benzene rings is 1. The van der Waals surface area contributed by atoms with Gasteiger partial charge in [0.25, 0.3) is 0 Å². The summed E-state index contributed by atoms with van der Waals surface area (Å²) in [5.41, 5.74) is 3.31. The van der Waals surface area contributed by atoms with Crippen LogP contribution in [0.25, 0.3) is 0 Å². The van der Waals surface area contributed by atoms with Crippen LogP contribution in [-0.4, -0.2) is 18.1 Å². The van der Waals surface area contributed by atoms with E-state index in [1.54, 1.807) is 0 Å². The minimum Gasteiger partial charge on any atom is -0.325 e. The standard InChI is InChI=1S/C21H24ClF3N2/c1-13-19(14-2-3-14)12-27(18-10-8-17(22)9-11-18)20(26-13)15-4-6-16(7-5-15)21(23,24)25/h8-12,14-16,20H,2-7H2,1H3. The predicted octanol–water partition coefficient (Wildman–Crippen LogP) is 6.61. The van der Waals surface area contributed by atoms with E-state index in [0.29, 0.717) is 23.8 Å². The summed E-state index contributed by atoms with van der Waals surface area (Å²) >= 11 is 6.04. The van der Waals surface area contributed by atoms with Gasteiger partial charge in [0.15, 0.2) is 0 Å². The van der Waals surface area contributed by atoms with E-state index in [1.165, 1.54) is 18.4 Å². The van der Waals surface area contributed by atoms with E-state index in [9.17, 15) is 13.2 Å². The van der Waals surface area contributed by atoms with Crippen LogP contribution in [0.3, 0.4) is 0 Å². The second kappa shape index (κ2) is 7.16. The zero-order chi connectivity index (χ0) is 19.2. The van der Waals surface area contributed by atoms with Gasteiger partial charge < -0.3 is 4.90 Å². The van der Waals surface area contributed by atoms with Crippen LogP contribution >= 0.6 is 11.6 Å². The zero-order valence-corrected chi connectivity index (χ0v) is 16.1. The zero-order valence-electron chi connectivity index (χ0n) is 15.3. The van der Waals surface area contributed by atoms with Gasteiger partial charge in [0.1, 0.15) is 6.17 Å². The number of halogens is 4. The van der Waals surface area contributed by atoms with Crippen LogP contribution in [0.5, 0.6) is 0 Å². The molecule has 1 aromatic carbocycles. The van der Waals surface area contributed by atoms with E-state index in [0.717, 1.165) is 11.4 Å². The van der Waals surface area contributed by atoms with Crippen molar-refractivity contribution in [3.05, 3.63) is 41.1 Å². The average molecular weight is 397 g/mol. The van der Waals surface area contributed by atoms with Crippen LogP contribution in [0, 0.1) is 17.8 Å². The van der Waals surface area contributed by atoms with Gasteiger partial charge in [-0.15, -0.1) is 0 Å². The summed E-state index contributed by atoms with van der Waals surface area (Å²) in [6, 6.07) is 7.64. The van der Waals surface area contributed by atoms with Crippen molar-refractivity contribution in [2.75, 3.05) is 4.90 Å². The maximum absolute atomic E-state index is 13.0. The van der Waals surface area contributed by atoms with Crippen molar-refractivity contribution in [2.24, 2.45) is 22.7 Å². The van der Waals surface area contributed by atoms with E-state index in [1.807, 2.05) is 31.2 Å². The van der Waals surface area contributed by atoms with Crippen LogP contribution in [0.2, 0.25) is 5.02 Å². The molecule has 1 aromatic rings. The first-order valence-corrected chi connectivity index (χ1v) is 10.1. The number of nitrogens with zero attached hydrogens (tertiary/aromatic N) is 2. The highest BCUT2D eigenvalue weighted by Crippen LogP contribution is 2.44. The third kappa shape index (κ3) is 4.03. The first-order chi connectivity index (χ1) is 12.8. The van der Waals surface area contributed by atoms with Gasteiger partial charge >= 0.3 is 6.18 Å².